The normalized spacial score (nSPS) is 10.6. The number of nitrogens with zero attached hydrogens (tertiary/aromatic N) is 2. The highest BCUT2D eigenvalue weighted by Crippen LogP contribution is 2.24. The minimum Gasteiger partial charge on any atom is -0.481 e. The van der Waals surface area contributed by atoms with Crippen LogP contribution in [0.5, 0.6) is 0 Å². The smallest absolute Gasteiger partial charge is 0.305 e. The molecule has 6 nitrogen and oxygen atoms in total. The maximum atomic E-state index is 12.9. The van der Waals surface area contributed by atoms with Gasteiger partial charge in [-0.15, -0.1) is 26.0 Å². The van der Waals surface area contributed by atoms with Crippen LogP contribution in [-0.4, -0.2) is 52.3 Å². The number of methoxy groups -OCH3 is 2. The van der Waals surface area contributed by atoms with Crippen molar-refractivity contribution in [3.8, 4) is 12.8 Å². The number of alkyl halides is 1. The number of terminal acetylenes is 1. The Morgan fingerprint density at radius 1 is 1.11 bits per heavy atom. The molecular formula is C28H39FN2O4. The molecule has 0 spiro atoms. The van der Waals surface area contributed by atoms with Crippen LogP contribution in [0, 0.1) is 12.8 Å². The predicted octanol–water partition coefficient (Wildman–Crippen LogP) is 5.80. The summed E-state index contributed by atoms with van der Waals surface area (Å²) < 4.78 is 22.6. The molecule has 1 aromatic carbocycles. The third-order valence-corrected chi connectivity index (χ3v) is 4.82. The molecule has 0 aliphatic carbocycles. The van der Waals surface area contributed by atoms with Crippen molar-refractivity contribution in [1.29, 1.82) is 0 Å². The molecule has 0 radical (unpaired) electrons. The number of carbonyl (C=O) groups excluding carboxylic acids is 2. The van der Waals surface area contributed by atoms with E-state index < -0.39 is 6.67 Å². The van der Waals surface area contributed by atoms with E-state index in [-0.39, 0.29) is 23.9 Å². The van der Waals surface area contributed by atoms with E-state index in [4.69, 9.17) is 4.74 Å². The average Bonchev–Trinajstić information content (AvgIpc) is 2.91. The Morgan fingerprint density at radius 2 is 1.77 bits per heavy atom. The Bertz CT molecular complexity index is 875. The molecule has 1 aromatic rings. The minimum absolute atomic E-state index is 0.000455. The molecule has 0 aliphatic rings. The van der Waals surface area contributed by atoms with Crippen LogP contribution in [-0.2, 0) is 19.1 Å². The first-order valence-corrected chi connectivity index (χ1v) is 11.1. The first kappa shape index (κ1) is 33.5. The number of benzene rings is 1. The number of allylic oxidation sites excluding steroid dienone is 1. The van der Waals surface area contributed by atoms with Gasteiger partial charge >= 0.3 is 5.97 Å². The lowest BCUT2D eigenvalue weighted by atomic mass is 10.0. The number of amides is 1. The second-order valence-corrected chi connectivity index (χ2v) is 7.03. The highest BCUT2D eigenvalue weighted by molar-refractivity contribution is 6.05. The fourth-order valence-corrected chi connectivity index (χ4v) is 2.98. The van der Waals surface area contributed by atoms with Gasteiger partial charge in [-0.2, -0.15) is 0 Å². The molecule has 0 bridgehead atoms. The molecule has 0 aromatic heterocycles. The highest BCUT2D eigenvalue weighted by atomic mass is 19.1. The summed E-state index contributed by atoms with van der Waals surface area (Å²) in [5, 5.41) is 0. The van der Waals surface area contributed by atoms with Gasteiger partial charge in [0.1, 0.15) is 0 Å². The molecule has 1 rings (SSSR count). The summed E-state index contributed by atoms with van der Waals surface area (Å²) in [5.41, 5.74) is 2.78. The Balaban J connectivity index is 0. The maximum Gasteiger partial charge on any atom is 0.305 e. The lowest BCUT2D eigenvalue weighted by Crippen LogP contribution is -2.33. The van der Waals surface area contributed by atoms with Crippen LogP contribution in [0.2, 0.25) is 0 Å². The number of ether oxygens (including phenoxy) is 2. The number of rotatable bonds is 12. The summed E-state index contributed by atoms with van der Waals surface area (Å²) in [6, 6.07) is 7.56. The molecule has 0 aliphatic heterocycles. The summed E-state index contributed by atoms with van der Waals surface area (Å²) in [4.78, 5) is 29.9. The summed E-state index contributed by atoms with van der Waals surface area (Å²) in [6.45, 7) is 11.5. The third kappa shape index (κ3) is 13.0. The molecule has 192 valence electrons. The van der Waals surface area contributed by atoms with Crippen molar-refractivity contribution < 1.29 is 23.5 Å². The first-order chi connectivity index (χ1) is 16.9. The van der Waals surface area contributed by atoms with E-state index >= 15 is 0 Å². The van der Waals surface area contributed by atoms with Crippen LogP contribution in [0.1, 0.15) is 44.6 Å². The number of halogens is 1. The van der Waals surface area contributed by atoms with Gasteiger partial charge in [-0.1, -0.05) is 25.1 Å². The van der Waals surface area contributed by atoms with Crippen molar-refractivity contribution in [2.24, 2.45) is 4.99 Å². The fourth-order valence-electron chi connectivity index (χ4n) is 2.98. The summed E-state index contributed by atoms with van der Waals surface area (Å²) in [7, 11) is 4.57. The van der Waals surface area contributed by atoms with Crippen molar-refractivity contribution in [2.75, 3.05) is 39.4 Å². The second kappa shape index (κ2) is 20.9. The van der Waals surface area contributed by atoms with Gasteiger partial charge in [0.15, 0.2) is 0 Å². The standard InChI is InChI=1S/C24H33FN2O4.C2H4.C2H2/c1-18(13-14-25)24(29)27(15-8-6-7-12-23(28)31-5)21-11-9-10-20(17-21)19(2)16-22(26-3)30-4;2*1-2/h9-11,16-17H,1,6-8,12-15H2,2-5H3;1-2H2;1-2H/b19-16+,26-22?;;. The molecule has 1 amide bonds. The zero-order valence-electron chi connectivity index (χ0n) is 21.5. The van der Waals surface area contributed by atoms with E-state index in [0.717, 1.165) is 17.6 Å². The van der Waals surface area contributed by atoms with E-state index in [2.05, 4.69) is 42.3 Å². The quantitative estimate of drug-likeness (QED) is 0.0712. The van der Waals surface area contributed by atoms with Crippen LogP contribution in [0.15, 0.2) is 60.6 Å². The Morgan fingerprint density at radius 3 is 2.31 bits per heavy atom. The number of hydrogen-bond acceptors (Lipinski definition) is 5. The number of hydrogen-bond donors (Lipinski definition) is 0. The van der Waals surface area contributed by atoms with Crippen LogP contribution in [0.25, 0.3) is 5.57 Å². The number of carbonyl (C=O) groups is 2. The van der Waals surface area contributed by atoms with E-state index in [9.17, 15) is 14.0 Å². The average molecular weight is 487 g/mol. The van der Waals surface area contributed by atoms with E-state index in [1.54, 1.807) is 19.1 Å². The lowest BCUT2D eigenvalue weighted by Gasteiger charge is -2.24. The molecular weight excluding hydrogens is 447 g/mol. The van der Waals surface area contributed by atoms with Crippen LogP contribution in [0.4, 0.5) is 10.1 Å². The largest absolute Gasteiger partial charge is 0.481 e. The van der Waals surface area contributed by atoms with Gasteiger partial charge in [-0.3, -0.25) is 19.0 Å². The number of esters is 1. The molecule has 0 heterocycles. The monoisotopic (exact) mass is 486 g/mol. The van der Waals surface area contributed by atoms with Gasteiger partial charge in [0, 0.05) is 43.8 Å². The molecule has 0 N–H and O–H groups in total. The first-order valence-electron chi connectivity index (χ1n) is 11.1. The highest BCUT2D eigenvalue weighted by Gasteiger charge is 2.19. The Kier molecular flexibility index (Phi) is 20.0. The van der Waals surface area contributed by atoms with Crippen molar-refractivity contribution in [3.63, 3.8) is 0 Å². The van der Waals surface area contributed by atoms with Gasteiger partial charge in [-0.25, -0.2) is 0 Å². The second-order valence-electron chi connectivity index (χ2n) is 7.03. The Hall–Kier alpha value is -3.66. The molecule has 35 heavy (non-hydrogen) atoms. The lowest BCUT2D eigenvalue weighted by molar-refractivity contribution is -0.140. The molecule has 0 saturated heterocycles. The van der Waals surface area contributed by atoms with Crippen LogP contribution < -0.4 is 4.90 Å². The fraction of sp³-hybridized carbons (Fsp3) is 0.393. The van der Waals surface area contributed by atoms with Crippen LogP contribution in [0.3, 0.4) is 0 Å². The molecule has 0 atom stereocenters. The maximum absolute atomic E-state index is 12.9. The van der Waals surface area contributed by atoms with Crippen LogP contribution >= 0.6 is 0 Å². The molecule has 0 unspecified atom stereocenters. The topological polar surface area (TPSA) is 68.2 Å². The summed E-state index contributed by atoms with van der Waals surface area (Å²) >= 11 is 0. The van der Waals surface area contributed by atoms with E-state index in [0.29, 0.717) is 37.4 Å². The van der Waals surface area contributed by atoms with Crippen molar-refractivity contribution in [1.82, 2.24) is 0 Å². The van der Waals surface area contributed by atoms with Gasteiger partial charge in [0.25, 0.3) is 5.91 Å². The molecule has 7 heteroatoms. The van der Waals surface area contributed by atoms with E-state index in [1.807, 2.05) is 37.3 Å². The van der Waals surface area contributed by atoms with Crippen molar-refractivity contribution in [3.05, 3.63) is 61.2 Å². The minimum atomic E-state index is -0.629. The molecule has 0 fully saturated rings. The van der Waals surface area contributed by atoms with Gasteiger partial charge in [0.05, 0.1) is 20.9 Å². The third-order valence-electron chi connectivity index (χ3n) is 4.82. The van der Waals surface area contributed by atoms with Gasteiger partial charge in [-0.05, 0) is 43.0 Å². The molecule has 0 saturated carbocycles. The van der Waals surface area contributed by atoms with Gasteiger partial charge < -0.3 is 14.4 Å². The number of anilines is 1. The zero-order valence-corrected chi connectivity index (χ0v) is 21.5. The Labute approximate surface area is 210 Å². The number of unbranched alkanes of at least 4 members (excludes halogenated alkanes) is 2. The SMILES string of the molecule is C#C.C=C.C=C(CCF)C(=O)N(CCCCCC(=O)OC)c1cccc(/C(C)=C/C(=NC)OC)c1. The number of aliphatic imine (C=N–C) groups is 1. The van der Waals surface area contributed by atoms with Gasteiger partial charge in [0.2, 0.25) is 5.90 Å². The predicted molar refractivity (Wildman–Crippen MR) is 144 cm³/mol. The van der Waals surface area contributed by atoms with E-state index in [1.165, 1.54) is 7.11 Å². The summed E-state index contributed by atoms with van der Waals surface area (Å²) in [6.07, 6.45) is 12.3. The zero-order chi connectivity index (χ0) is 27.2. The summed E-state index contributed by atoms with van der Waals surface area (Å²) in [5.74, 6) is -0.0415. The van der Waals surface area contributed by atoms with Crippen molar-refractivity contribution >= 4 is 29.0 Å². The van der Waals surface area contributed by atoms with Crippen molar-refractivity contribution in [2.45, 2.75) is 39.0 Å².